The lowest BCUT2D eigenvalue weighted by Gasteiger charge is -2.17. The Labute approximate surface area is 159 Å². The van der Waals surface area contributed by atoms with Crippen molar-refractivity contribution in [2.24, 2.45) is 0 Å². The molecule has 1 atom stereocenters. The smallest absolute Gasteiger partial charge is 0.0575 e. The van der Waals surface area contributed by atoms with Gasteiger partial charge in [-0.25, -0.2) is 0 Å². The third-order valence-corrected chi connectivity index (χ3v) is 5.90. The van der Waals surface area contributed by atoms with Gasteiger partial charge in [-0.3, -0.25) is 0 Å². The maximum atomic E-state index is 6.17. The van der Waals surface area contributed by atoms with Crippen molar-refractivity contribution in [3.8, 4) is 0 Å². The number of hydrogen-bond acceptors (Lipinski definition) is 1. The molecule has 1 aliphatic rings. The quantitative estimate of drug-likeness (QED) is 0.301. The topological polar surface area (TPSA) is 9.23 Å². The number of rotatable bonds is 13. The molecule has 0 amide bonds. The van der Waals surface area contributed by atoms with Gasteiger partial charge in [0.1, 0.15) is 0 Å². The van der Waals surface area contributed by atoms with Gasteiger partial charge in [-0.1, -0.05) is 122 Å². The van der Waals surface area contributed by atoms with E-state index in [4.69, 9.17) is 4.74 Å². The van der Waals surface area contributed by atoms with Gasteiger partial charge < -0.3 is 4.74 Å². The normalized spacial score (nSPS) is 20.3. The summed E-state index contributed by atoms with van der Waals surface area (Å²) < 4.78 is 6.17. The molecule has 0 N–H and O–H groups in total. The molecule has 0 aromatic carbocycles. The largest absolute Gasteiger partial charge is 0.378 e. The Morgan fingerprint density at radius 2 is 1.04 bits per heavy atom. The molecule has 1 saturated heterocycles. The Hall–Kier alpha value is -0.0400. The predicted octanol–water partition coefficient (Wildman–Crippen LogP) is 8.60. The lowest BCUT2D eigenvalue weighted by molar-refractivity contribution is 0.0367. The summed E-state index contributed by atoms with van der Waals surface area (Å²) in [6.45, 7) is 3.32. The van der Waals surface area contributed by atoms with Crippen LogP contribution in [0, 0.1) is 0 Å². The van der Waals surface area contributed by atoms with Crippen molar-refractivity contribution >= 4 is 0 Å². The molecule has 1 unspecified atom stereocenters. The van der Waals surface area contributed by atoms with Crippen LogP contribution >= 0.6 is 0 Å². The number of hydrogen-bond donors (Lipinski definition) is 0. The summed E-state index contributed by atoms with van der Waals surface area (Å²) in [5, 5.41) is 0. The summed E-state index contributed by atoms with van der Waals surface area (Å²) in [5.41, 5.74) is 0. The highest BCUT2D eigenvalue weighted by Crippen LogP contribution is 2.19. The van der Waals surface area contributed by atoms with Crippen LogP contribution in [0.3, 0.4) is 0 Å². The highest BCUT2D eigenvalue weighted by atomic mass is 16.5. The first-order chi connectivity index (χ1) is 12.4. The monoisotopic (exact) mass is 352 g/mol. The van der Waals surface area contributed by atoms with Crippen LogP contribution in [0.4, 0.5) is 0 Å². The minimum Gasteiger partial charge on any atom is -0.378 e. The molecule has 0 saturated carbocycles. The standard InChI is InChI=1S/C24H48O/c1-2-3-4-5-6-7-8-9-10-12-15-18-21-24-22-19-16-13-11-14-17-20-23-25-24/h24H,2-23H2,1H3. The van der Waals surface area contributed by atoms with E-state index in [1.807, 2.05) is 0 Å². The lowest BCUT2D eigenvalue weighted by atomic mass is 10.0. The SMILES string of the molecule is CCCCCCCCCCCCCCC1CCCCCCCCCO1. The molecule has 0 spiro atoms. The van der Waals surface area contributed by atoms with Gasteiger partial charge in [-0.2, -0.15) is 0 Å². The van der Waals surface area contributed by atoms with Gasteiger partial charge >= 0.3 is 0 Å². The molecular formula is C24H48O. The molecule has 1 nitrogen and oxygen atoms in total. The van der Waals surface area contributed by atoms with Crippen LogP contribution < -0.4 is 0 Å². The van der Waals surface area contributed by atoms with Crippen molar-refractivity contribution in [1.82, 2.24) is 0 Å². The van der Waals surface area contributed by atoms with Crippen molar-refractivity contribution in [2.45, 2.75) is 148 Å². The van der Waals surface area contributed by atoms with Crippen molar-refractivity contribution in [2.75, 3.05) is 6.61 Å². The Morgan fingerprint density at radius 1 is 0.560 bits per heavy atom. The van der Waals surface area contributed by atoms with E-state index in [0.717, 1.165) is 6.61 Å². The zero-order valence-electron chi connectivity index (χ0n) is 17.5. The molecule has 0 aromatic rings. The van der Waals surface area contributed by atoms with E-state index in [1.54, 1.807) is 0 Å². The summed E-state index contributed by atoms with van der Waals surface area (Å²) in [6, 6.07) is 0. The van der Waals surface area contributed by atoms with E-state index >= 15 is 0 Å². The molecule has 1 rings (SSSR count). The fraction of sp³-hybridized carbons (Fsp3) is 1.00. The van der Waals surface area contributed by atoms with E-state index < -0.39 is 0 Å². The van der Waals surface area contributed by atoms with E-state index in [9.17, 15) is 0 Å². The van der Waals surface area contributed by atoms with Gasteiger partial charge in [0, 0.05) is 6.61 Å². The first-order valence-corrected chi connectivity index (χ1v) is 12.0. The fourth-order valence-corrected chi connectivity index (χ4v) is 4.13. The van der Waals surface area contributed by atoms with E-state index in [0.29, 0.717) is 6.10 Å². The number of ether oxygens (including phenoxy) is 1. The zero-order valence-corrected chi connectivity index (χ0v) is 17.5. The van der Waals surface area contributed by atoms with Gasteiger partial charge in [-0.05, 0) is 19.3 Å². The molecule has 0 aliphatic carbocycles. The molecule has 1 aliphatic heterocycles. The maximum absolute atomic E-state index is 6.17. The van der Waals surface area contributed by atoms with Crippen LogP contribution in [-0.2, 0) is 4.74 Å². The summed E-state index contributed by atoms with van der Waals surface area (Å²) in [4.78, 5) is 0. The van der Waals surface area contributed by atoms with Crippen LogP contribution in [0.5, 0.6) is 0 Å². The van der Waals surface area contributed by atoms with E-state index in [-0.39, 0.29) is 0 Å². The maximum Gasteiger partial charge on any atom is 0.0575 e. The average molecular weight is 353 g/mol. The summed E-state index contributed by atoms with van der Waals surface area (Å²) >= 11 is 0. The van der Waals surface area contributed by atoms with Gasteiger partial charge in [0.2, 0.25) is 0 Å². The summed E-state index contributed by atoms with van der Waals surface area (Å²) in [6.07, 6.45) is 30.3. The summed E-state index contributed by atoms with van der Waals surface area (Å²) in [5.74, 6) is 0. The van der Waals surface area contributed by atoms with Crippen LogP contribution in [-0.4, -0.2) is 12.7 Å². The molecular weight excluding hydrogens is 304 g/mol. The van der Waals surface area contributed by atoms with Crippen molar-refractivity contribution in [3.63, 3.8) is 0 Å². The first-order valence-electron chi connectivity index (χ1n) is 12.0. The Kier molecular flexibility index (Phi) is 17.2. The van der Waals surface area contributed by atoms with E-state index in [1.165, 1.54) is 135 Å². The molecule has 1 fully saturated rings. The lowest BCUT2D eigenvalue weighted by Crippen LogP contribution is -2.13. The third-order valence-electron chi connectivity index (χ3n) is 5.90. The van der Waals surface area contributed by atoms with Crippen molar-refractivity contribution in [1.29, 1.82) is 0 Å². The van der Waals surface area contributed by atoms with Crippen LogP contribution in [0.2, 0.25) is 0 Å². The van der Waals surface area contributed by atoms with Crippen LogP contribution in [0.1, 0.15) is 142 Å². The summed E-state index contributed by atoms with van der Waals surface area (Å²) in [7, 11) is 0. The minimum absolute atomic E-state index is 0.571. The molecule has 150 valence electrons. The van der Waals surface area contributed by atoms with Crippen LogP contribution in [0.15, 0.2) is 0 Å². The molecule has 1 heterocycles. The third kappa shape index (κ3) is 15.9. The highest BCUT2D eigenvalue weighted by Gasteiger charge is 2.09. The van der Waals surface area contributed by atoms with E-state index in [2.05, 4.69) is 6.92 Å². The van der Waals surface area contributed by atoms with Crippen LogP contribution in [0.25, 0.3) is 0 Å². The zero-order chi connectivity index (χ0) is 17.8. The minimum atomic E-state index is 0.571. The average Bonchev–Trinajstić information content (AvgIpc) is 2.68. The molecule has 0 bridgehead atoms. The van der Waals surface area contributed by atoms with Crippen molar-refractivity contribution < 1.29 is 4.74 Å². The highest BCUT2D eigenvalue weighted by molar-refractivity contribution is 4.61. The Balaban J connectivity index is 1.88. The Bertz CT molecular complexity index is 238. The number of unbranched alkanes of at least 4 members (excludes halogenated alkanes) is 11. The van der Waals surface area contributed by atoms with Gasteiger partial charge in [-0.15, -0.1) is 0 Å². The Morgan fingerprint density at radius 3 is 1.64 bits per heavy atom. The fourth-order valence-electron chi connectivity index (χ4n) is 4.13. The molecule has 0 aromatic heterocycles. The second-order valence-corrected chi connectivity index (χ2v) is 8.43. The predicted molar refractivity (Wildman–Crippen MR) is 112 cm³/mol. The van der Waals surface area contributed by atoms with Gasteiger partial charge in [0.05, 0.1) is 6.10 Å². The molecule has 1 heteroatoms. The van der Waals surface area contributed by atoms with Gasteiger partial charge in [0.25, 0.3) is 0 Å². The van der Waals surface area contributed by atoms with Gasteiger partial charge in [0.15, 0.2) is 0 Å². The van der Waals surface area contributed by atoms with Crippen molar-refractivity contribution in [3.05, 3.63) is 0 Å². The second-order valence-electron chi connectivity index (χ2n) is 8.43. The molecule has 25 heavy (non-hydrogen) atoms. The molecule has 0 radical (unpaired) electrons. The second kappa shape index (κ2) is 18.7. The first kappa shape index (κ1) is 23.0.